The van der Waals surface area contributed by atoms with Gasteiger partial charge in [-0.1, -0.05) is 36.4 Å². The molecule has 2 aromatic carbocycles. The van der Waals surface area contributed by atoms with Gasteiger partial charge in [0.1, 0.15) is 6.04 Å². The van der Waals surface area contributed by atoms with Crippen LogP contribution in [0.5, 0.6) is 0 Å². The lowest BCUT2D eigenvalue weighted by Crippen LogP contribution is -2.42. The normalized spacial score (nSPS) is 12.3. The Morgan fingerprint density at radius 1 is 0.893 bits per heavy atom. The third-order valence-corrected chi connectivity index (χ3v) is 5.03. The number of carbonyl (C=O) groups excluding carboxylic acids is 1. The largest absolute Gasteiger partial charge is 0.480 e. The molecule has 1 amide bonds. The van der Waals surface area contributed by atoms with Crippen LogP contribution in [0.15, 0.2) is 60.9 Å². The summed E-state index contributed by atoms with van der Waals surface area (Å²) >= 11 is 0. The molecule has 6 heteroatoms. The highest BCUT2D eigenvalue weighted by atomic mass is 16.4. The van der Waals surface area contributed by atoms with Gasteiger partial charge in [-0.25, -0.2) is 4.79 Å². The molecule has 142 valence electrons. The topological polar surface area (TPSA) is 98.0 Å². The smallest absolute Gasteiger partial charge is 0.326 e. The van der Waals surface area contributed by atoms with Crippen LogP contribution in [0.1, 0.15) is 17.5 Å². The Balaban J connectivity index is 1.41. The number of aryl methyl sites for hydroxylation is 1. The maximum atomic E-state index is 12.4. The fourth-order valence-electron chi connectivity index (χ4n) is 3.57. The predicted molar refractivity (Wildman–Crippen MR) is 108 cm³/mol. The van der Waals surface area contributed by atoms with Crippen LogP contribution in [0, 0.1) is 0 Å². The molecule has 0 aliphatic carbocycles. The molecule has 0 bridgehead atoms. The zero-order chi connectivity index (χ0) is 19.5. The van der Waals surface area contributed by atoms with Crippen molar-refractivity contribution in [3.63, 3.8) is 0 Å². The number of hydrogen-bond acceptors (Lipinski definition) is 2. The summed E-state index contributed by atoms with van der Waals surface area (Å²) in [6, 6.07) is 14.7. The van der Waals surface area contributed by atoms with Gasteiger partial charge in [0.25, 0.3) is 0 Å². The number of carboxylic acids is 1. The average molecular weight is 375 g/mol. The van der Waals surface area contributed by atoms with Gasteiger partial charge in [0.2, 0.25) is 5.91 Å². The van der Waals surface area contributed by atoms with E-state index in [0.29, 0.717) is 6.42 Å². The molecule has 2 aromatic heterocycles. The van der Waals surface area contributed by atoms with E-state index in [1.54, 1.807) is 6.20 Å². The molecular weight excluding hydrogens is 354 g/mol. The molecule has 1 atom stereocenters. The van der Waals surface area contributed by atoms with Crippen LogP contribution in [-0.2, 0) is 22.4 Å². The summed E-state index contributed by atoms with van der Waals surface area (Å²) in [6.07, 6.45) is 4.73. The summed E-state index contributed by atoms with van der Waals surface area (Å²) < 4.78 is 0. The first-order valence-corrected chi connectivity index (χ1v) is 9.24. The number of aromatic amines is 2. The van der Waals surface area contributed by atoms with E-state index < -0.39 is 12.0 Å². The number of carboxylic acid groups (broad SMARTS) is 1. The Morgan fingerprint density at radius 3 is 2.11 bits per heavy atom. The second-order valence-corrected chi connectivity index (χ2v) is 6.88. The highest BCUT2D eigenvalue weighted by Gasteiger charge is 2.22. The first kappa shape index (κ1) is 17.9. The summed E-state index contributed by atoms with van der Waals surface area (Å²) in [4.78, 5) is 30.4. The third kappa shape index (κ3) is 3.62. The Labute approximate surface area is 161 Å². The van der Waals surface area contributed by atoms with Gasteiger partial charge < -0.3 is 20.4 Å². The number of aliphatic carboxylic acids is 1. The molecule has 0 spiro atoms. The van der Waals surface area contributed by atoms with Gasteiger partial charge in [-0.3, -0.25) is 4.79 Å². The van der Waals surface area contributed by atoms with Crippen molar-refractivity contribution in [2.24, 2.45) is 0 Å². The molecule has 4 rings (SSSR count). The second kappa shape index (κ2) is 7.60. The van der Waals surface area contributed by atoms with Crippen molar-refractivity contribution in [2.75, 3.05) is 0 Å². The number of carbonyl (C=O) groups is 2. The minimum absolute atomic E-state index is 0.234. The van der Waals surface area contributed by atoms with Gasteiger partial charge >= 0.3 is 5.97 Å². The summed E-state index contributed by atoms with van der Waals surface area (Å²) in [5, 5.41) is 14.3. The van der Waals surface area contributed by atoms with E-state index in [2.05, 4.69) is 15.3 Å². The molecule has 0 fully saturated rings. The minimum Gasteiger partial charge on any atom is -0.480 e. The molecule has 6 nitrogen and oxygen atoms in total. The Kier molecular flexibility index (Phi) is 4.85. The second-order valence-electron chi connectivity index (χ2n) is 6.88. The Bertz CT molecular complexity index is 1140. The first-order valence-electron chi connectivity index (χ1n) is 9.24. The number of para-hydroxylation sites is 2. The van der Waals surface area contributed by atoms with Gasteiger partial charge in [-0.15, -0.1) is 0 Å². The van der Waals surface area contributed by atoms with Gasteiger partial charge in [-0.05, 0) is 29.7 Å². The SMILES string of the molecule is O=C(CCc1c[nH]c2ccccc12)N[C@H](Cc1c[nH]c2ccccc12)C(=O)O. The Hall–Kier alpha value is -3.54. The van der Waals surface area contributed by atoms with Gasteiger partial charge in [0.15, 0.2) is 0 Å². The van der Waals surface area contributed by atoms with Crippen molar-refractivity contribution in [1.82, 2.24) is 15.3 Å². The highest BCUT2D eigenvalue weighted by Crippen LogP contribution is 2.20. The fourth-order valence-corrected chi connectivity index (χ4v) is 3.57. The van der Waals surface area contributed by atoms with Crippen LogP contribution >= 0.6 is 0 Å². The third-order valence-electron chi connectivity index (χ3n) is 5.03. The fraction of sp³-hybridized carbons (Fsp3) is 0.182. The molecule has 2 heterocycles. The van der Waals surface area contributed by atoms with E-state index in [-0.39, 0.29) is 18.7 Å². The van der Waals surface area contributed by atoms with Crippen LogP contribution in [0.3, 0.4) is 0 Å². The lowest BCUT2D eigenvalue weighted by atomic mass is 10.0. The van der Waals surface area contributed by atoms with Crippen molar-refractivity contribution < 1.29 is 14.7 Å². The van der Waals surface area contributed by atoms with Gasteiger partial charge in [0, 0.05) is 47.0 Å². The van der Waals surface area contributed by atoms with E-state index in [1.807, 2.05) is 54.7 Å². The van der Waals surface area contributed by atoms with Gasteiger partial charge in [-0.2, -0.15) is 0 Å². The zero-order valence-corrected chi connectivity index (χ0v) is 15.2. The maximum absolute atomic E-state index is 12.4. The highest BCUT2D eigenvalue weighted by molar-refractivity contribution is 5.87. The molecule has 0 aliphatic heterocycles. The number of fused-ring (bicyclic) bond motifs is 2. The van der Waals surface area contributed by atoms with E-state index in [4.69, 9.17) is 0 Å². The molecule has 4 aromatic rings. The van der Waals surface area contributed by atoms with E-state index >= 15 is 0 Å². The number of nitrogens with one attached hydrogen (secondary N) is 3. The number of benzene rings is 2. The number of aromatic nitrogens is 2. The molecule has 0 aliphatic rings. The molecule has 4 N–H and O–H groups in total. The van der Waals surface area contributed by atoms with Crippen LogP contribution in [0.2, 0.25) is 0 Å². The van der Waals surface area contributed by atoms with Crippen LogP contribution in [-0.4, -0.2) is 33.0 Å². The first-order chi connectivity index (χ1) is 13.6. The maximum Gasteiger partial charge on any atom is 0.326 e. The van der Waals surface area contributed by atoms with E-state index in [0.717, 1.165) is 32.9 Å². The summed E-state index contributed by atoms with van der Waals surface area (Å²) in [7, 11) is 0. The van der Waals surface area contributed by atoms with Crippen molar-refractivity contribution in [3.8, 4) is 0 Å². The number of hydrogen-bond donors (Lipinski definition) is 4. The van der Waals surface area contributed by atoms with Crippen LogP contribution < -0.4 is 5.32 Å². The average Bonchev–Trinajstić information content (AvgIpc) is 3.30. The molecule has 0 saturated carbocycles. The number of amides is 1. The van der Waals surface area contributed by atoms with E-state index in [9.17, 15) is 14.7 Å². The van der Waals surface area contributed by atoms with Crippen molar-refractivity contribution in [3.05, 3.63) is 72.1 Å². The van der Waals surface area contributed by atoms with E-state index in [1.165, 1.54) is 0 Å². The minimum atomic E-state index is -1.04. The van der Waals surface area contributed by atoms with Crippen LogP contribution in [0.25, 0.3) is 21.8 Å². The quantitative estimate of drug-likeness (QED) is 0.398. The zero-order valence-electron chi connectivity index (χ0n) is 15.2. The number of rotatable bonds is 7. The van der Waals surface area contributed by atoms with Crippen molar-refractivity contribution >= 4 is 33.7 Å². The molecule has 28 heavy (non-hydrogen) atoms. The molecular formula is C22H21N3O3. The summed E-state index contributed by atoms with van der Waals surface area (Å²) in [5.74, 6) is -1.30. The monoisotopic (exact) mass is 375 g/mol. The molecule has 0 unspecified atom stereocenters. The van der Waals surface area contributed by atoms with Crippen molar-refractivity contribution in [2.45, 2.75) is 25.3 Å². The number of H-pyrrole nitrogens is 2. The Morgan fingerprint density at radius 2 is 1.46 bits per heavy atom. The lowest BCUT2D eigenvalue weighted by molar-refractivity contribution is -0.141. The predicted octanol–water partition coefficient (Wildman–Crippen LogP) is 3.39. The van der Waals surface area contributed by atoms with Gasteiger partial charge in [0.05, 0.1) is 0 Å². The lowest BCUT2D eigenvalue weighted by Gasteiger charge is -2.14. The molecule has 0 saturated heterocycles. The van der Waals surface area contributed by atoms with Crippen molar-refractivity contribution in [1.29, 1.82) is 0 Å². The summed E-state index contributed by atoms with van der Waals surface area (Å²) in [5.41, 5.74) is 3.90. The standard InChI is InChI=1S/C22H21N3O3/c26-21(10-9-14-12-23-18-7-3-1-5-16(14)18)25-20(22(27)28)11-15-13-24-19-8-4-2-6-17(15)19/h1-8,12-13,20,23-24H,9-11H2,(H,25,26)(H,27,28)/t20-/m1/s1. The van der Waals surface area contributed by atoms with Crippen LogP contribution in [0.4, 0.5) is 0 Å². The summed E-state index contributed by atoms with van der Waals surface area (Å²) in [6.45, 7) is 0. The molecule has 0 radical (unpaired) electrons.